The van der Waals surface area contributed by atoms with Gasteiger partial charge >= 0.3 is 0 Å². The maximum atomic E-state index is 4.51. The van der Waals surface area contributed by atoms with Crippen LogP contribution in [0.2, 0.25) is 0 Å². The molecule has 0 fully saturated rings. The smallest absolute Gasteiger partial charge is 0.223 e. The molecule has 0 bridgehead atoms. The zero-order valence-corrected chi connectivity index (χ0v) is 15.6. The molecule has 0 saturated carbocycles. The fourth-order valence-electron chi connectivity index (χ4n) is 2.55. The third-order valence-corrected chi connectivity index (χ3v) is 5.01. The van der Waals surface area contributed by atoms with Gasteiger partial charge in [0.05, 0.1) is 0 Å². The van der Waals surface area contributed by atoms with Crippen molar-refractivity contribution in [1.82, 2.24) is 15.2 Å². The van der Waals surface area contributed by atoms with Gasteiger partial charge in [0.25, 0.3) is 0 Å². The fraction of sp³-hybridized carbons (Fsp3) is 0.300. The number of rotatable bonds is 8. The van der Waals surface area contributed by atoms with Gasteiger partial charge in [-0.25, -0.2) is 5.10 Å². The Morgan fingerprint density at radius 2 is 1.88 bits per heavy atom. The van der Waals surface area contributed by atoms with E-state index in [9.17, 15) is 0 Å². The second-order valence-electron chi connectivity index (χ2n) is 6.11. The first-order valence-electron chi connectivity index (χ1n) is 8.70. The van der Waals surface area contributed by atoms with Crippen LogP contribution in [-0.2, 0) is 12.2 Å². The third-order valence-electron chi connectivity index (χ3n) is 4.12. The number of hydrogen-bond donors (Lipinski definition) is 2. The molecule has 0 aliphatic carbocycles. The number of H-pyrrole nitrogens is 1. The average molecular weight is 353 g/mol. The number of aromatic amines is 1. The Balaban J connectivity index is 1.55. The van der Waals surface area contributed by atoms with Crippen molar-refractivity contribution in [3.63, 3.8) is 0 Å². The number of anilines is 2. The molecule has 2 N–H and O–H groups in total. The summed E-state index contributed by atoms with van der Waals surface area (Å²) < 4.78 is 0. The van der Waals surface area contributed by atoms with Crippen molar-refractivity contribution in [3.05, 3.63) is 65.2 Å². The van der Waals surface area contributed by atoms with Crippen LogP contribution < -0.4 is 5.32 Å². The normalized spacial score (nSPS) is 10.8. The van der Waals surface area contributed by atoms with Crippen molar-refractivity contribution in [3.8, 4) is 0 Å². The van der Waals surface area contributed by atoms with Gasteiger partial charge in [0, 0.05) is 11.4 Å². The third kappa shape index (κ3) is 5.10. The molecular weight excluding hydrogens is 328 g/mol. The summed E-state index contributed by atoms with van der Waals surface area (Å²) in [6, 6.07) is 16.9. The molecule has 0 saturated heterocycles. The highest BCUT2D eigenvalue weighted by molar-refractivity contribution is 7.98. The Kier molecular flexibility index (Phi) is 6.12. The van der Waals surface area contributed by atoms with Crippen LogP contribution in [0.15, 0.2) is 53.7 Å². The molecule has 3 rings (SSSR count). The number of thioether (sulfide) groups is 1. The average Bonchev–Trinajstić information content (AvgIpc) is 3.08. The Morgan fingerprint density at radius 1 is 1.08 bits per heavy atom. The lowest BCUT2D eigenvalue weighted by molar-refractivity contribution is 0.795. The predicted molar refractivity (Wildman–Crippen MR) is 105 cm³/mol. The summed E-state index contributed by atoms with van der Waals surface area (Å²) in [6.45, 7) is 4.35. The molecular formula is C20H24N4S. The monoisotopic (exact) mass is 352 g/mol. The topological polar surface area (TPSA) is 53.6 Å². The van der Waals surface area contributed by atoms with Crippen LogP contribution in [0, 0.1) is 6.92 Å². The number of benzene rings is 2. The number of nitrogens with zero attached hydrogens (tertiary/aromatic N) is 2. The van der Waals surface area contributed by atoms with E-state index in [4.69, 9.17) is 0 Å². The summed E-state index contributed by atoms with van der Waals surface area (Å²) >= 11 is 1.64. The minimum atomic E-state index is 0.675. The van der Waals surface area contributed by atoms with Crippen molar-refractivity contribution in [2.45, 2.75) is 44.0 Å². The van der Waals surface area contributed by atoms with Gasteiger partial charge < -0.3 is 5.32 Å². The van der Waals surface area contributed by atoms with Crippen LogP contribution in [0.3, 0.4) is 0 Å². The van der Waals surface area contributed by atoms with E-state index in [0.717, 1.165) is 23.0 Å². The highest BCUT2D eigenvalue weighted by Crippen LogP contribution is 2.23. The van der Waals surface area contributed by atoms with Gasteiger partial charge in [0.2, 0.25) is 11.1 Å². The molecule has 0 aliphatic heterocycles. The number of aromatic nitrogens is 3. The summed E-state index contributed by atoms with van der Waals surface area (Å²) in [5.74, 6) is 1.55. The summed E-state index contributed by atoms with van der Waals surface area (Å²) in [4.78, 5) is 4.51. The van der Waals surface area contributed by atoms with E-state index in [1.54, 1.807) is 11.8 Å². The molecule has 4 nitrogen and oxygen atoms in total. The molecule has 0 spiro atoms. The van der Waals surface area contributed by atoms with Gasteiger partial charge in [-0.2, -0.15) is 4.98 Å². The van der Waals surface area contributed by atoms with Crippen molar-refractivity contribution in [1.29, 1.82) is 0 Å². The zero-order valence-electron chi connectivity index (χ0n) is 14.7. The molecule has 0 aliphatic rings. The van der Waals surface area contributed by atoms with Crippen molar-refractivity contribution >= 4 is 23.4 Å². The lowest BCUT2D eigenvalue weighted by Crippen LogP contribution is -1.93. The first-order chi connectivity index (χ1) is 12.2. The largest absolute Gasteiger partial charge is 0.325 e. The van der Waals surface area contributed by atoms with E-state index in [1.165, 1.54) is 29.5 Å². The molecule has 1 aromatic heterocycles. The standard InChI is InChI=1S/C20H24N4S/c1-3-4-8-16-10-12-18(13-11-16)21-19-22-20(24-23-19)25-14-17-9-6-5-7-15(17)2/h5-7,9-13H,3-4,8,14H2,1-2H3,(H2,21,22,23,24). The van der Waals surface area contributed by atoms with Gasteiger partial charge in [0.15, 0.2) is 0 Å². The fourth-order valence-corrected chi connectivity index (χ4v) is 3.43. The van der Waals surface area contributed by atoms with E-state index in [1.807, 2.05) is 0 Å². The highest BCUT2D eigenvalue weighted by atomic mass is 32.2. The number of aryl methyl sites for hydroxylation is 2. The summed E-state index contributed by atoms with van der Waals surface area (Å²) in [7, 11) is 0. The first kappa shape index (κ1) is 17.5. The van der Waals surface area contributed by atoms with E-state index >= 15 is 0 Å². The SMILES string of the molecule is CCCCc1ccc(Nc2nc(SCc3ccccc3C)n[nH]2)cc1. The van der Waals surface area contributed by atoms with E-state index in [0.29, 0.717) is 5.95 Å². The predicted octanol–water partition coefficient (Wildman–Crippen LogP) is 5.49. The first-order valence-corrected chi connectivity index (χ1v) is 9.69. The molecule has 25 heavy (non-hydrogen) atoms. The van der Waals surface area contributed by atoms with Crippen molar-refractivity contribution < 1.29 is 0 Å². The summed E-state index contributed by atoms with van der Waals surface area (Å²) in [6.07, 6.45) is 3.59. The lowest BCUT2D eigenvalue weighted by Gasteiger charge is -2.04. The molecule has 0 amide bonds. The Morgan fingerprint density at radius 3 is 2.64 bits per heavy atom. The van der Waals surface area contributed by atoms with Gasteiger partial charge in [-0.15, -0.1) is 5.10 Å². The van der Waals surface area contributed by atoms with Crippen LogP contribution in [-0.4, -0.2) is 15.2 Å². The number of nitrogens with one attached hydrogen (secondary N) is 2. The highest BCUT2D eigenvalue weighted by Gasteiger charge is 2.06. The summed E-state index contributed by atoms with van der Waals surface area (Å²) in [5, 5.41) is 11.3. The molecule has 1 heterocycles. The molecule has 5 heteroatoms. The van der Waals surface area contributed by atoms with Crippen LogP contribution in [0.1, 0.15) is 36.5 Å². The maximum absolute atomic E-state index is 4.51. The van der Waals surface area contributed by atoms with Gasteiger partial charge in [0.1, 0.15) is 0 Å². The molecule has 2 aromatic carbocycles. The van der Waals surface area contributed by atoms with Gasteiger partial charge in [-0.1, -0.05) is 61.5 Å². The Hall–Kier alpha value is -2.27. The second kappa shape index (κ2) is 8.72. The molecule has 0 unspecified atom stereocenters. The molecule has 130 valence electrons. The van der Waals surface area contributed by atoms with E-state index in [2.05, 4.69) is 82.9 Å². The minimum absolute atomic E-state index is 0.675. The quantitative estimate of drug-likeness (QED) is 0.526. The van der Waals surface area contributed by atoms with Crippen LogP contribution in [0.5, 0.6) is 0 Å². The number of hydrogen-bond acceptors (Lipinski definition) is 4. The van der Waals surface area contributed by atoms with Crippen LogP contribution >= 0.6 is 11.8 Å². The zero-order chi connectivity index (χ0) is 17.5. The Bertz CT molecular complexity index is 795. The van der Waals surface area contributed by atoms with Crippen LogP contribution in [0.4, 0.5) is 11.6 Å². The summed E-state index contributed by atoms with van der Waals surface area (Å²) in [5.41, 5.74) is 5.01. The lowest BCUT2D eigenvalue weighted by atomic mass is 10.1. The second-order valence-corrected chi connectivity index (χ2v) is 7.05. The van der Waals surface area contributed by atoms with Crippen molar-refractivity contribution in [2.24, 2.45) is 0 Å². The van der Waals surface area contributed by atoms with E-state index in [-0.39, 0.29) is 0 Å². The Labute approximate surface area is 153 Å². The maximum Gasteiger partial charge on any atom is 0.223 e. The minimum Gasteiger partial charge on any atom is -0.325 e. The molecule has 0 radical (unpaired) electrons. The molecule has 0 atom stereocenters. The van der Waals surface area contributed by atoms with Gasteiger partial charge in [-0.05, 0) is 48.6 Å². The van der Waals surface area contributed by atoms with Gasteiger partial charge in [-0.3, -0.25) is 0 Å². The number of unbranched alkanes of at least 4 members (excludes halogenated alkanes) is 1. The molecule has 3 aromatic rings. The van der Waals surface area contributed by atoms with Crippen molar-refractivity contribution in [2.75, 3.05) is 5.32 Å². The van der Waals surface area contributed by atoms with E-state index < -0.39 is 0 Å². The van der Waals surface area contributed by atoms with Crippen LogP contribution in [0.25, 0.3) is 0 Å².